The van der Waals surface area contributed by atoms with Gasteiger partial charge in [-0.2, -0.15) is 0 Å². The van der Waals surface area contributed by atoms with Gasteiger partial charge in [-0.15, -0.1) is 0 Å². The highest BCUT2D eigenvalue weighted by Crippen LogP contribution is 2.35. The quantitative estimate of drug-likeness (QED) is 0.460. The Bertz CT molecular complexity index is 1350. The Morgan fingerprint density at radius 3 is 2.82 bits per heavy atom. The zero-order chi connectivity index (χ0) is 23.8. The SMILES string of the molecule is C[C@]1(S(=O)(=O)n2ccc3c(NC4CCCN(Cc5ccccc5)C4)ccnc32)C=C(Br)C=CC1. The Morgan fingerprint density at radius 1 is 1.21 bits per heavy atom. The van der Waals surface area contributed by atoms with E-state index in [2.05, 4.69) is 55.4 Å². The van der Waals surface area contributed by atoms with Crippen molar-refractivity contribution in [2.24, 2.45) is 0 Å². The Kier molecular flexibility index (Phi) is 6.39. The normalized spacial score (nSPS) is 23.7. The number of hydrogen-bond donors (Lipinski definition) is 1. The lowest BCUT2D eigenvalue weighted by molar-refractivity contribution is 0.208. The summed E-state index contributed by atoms with van der Waals surface area (Å²) in [6.07, 6.45) is 11.5. The molecule has 8 heteroatoms. The summed E-state index contributed by atoms with van der Waals surface area (Å²) >= 11 is 3.43. The van der Waals surface area contributed by atoms with Crippen LogP contribution in [0.15, 0.2) is 77.6 Å². The van der Waals surface area contributed by atoms with Crippen LogP contribution >= 0.6 is 15.9 Å². The first-order valence-corrected chi connectivity index (χ1v) is 13.9. The highest BCUT2D eigenvalue weighted by atomic mass is 79.9. The predicted molar refractivity (Wildman–Crippen MR) is 142 cm³/mol. The van der Waals surface area contributed by atoms with Crippen LogP contribution in [0, 0.1) is 0 Å². The van der Waals surface area contributed by atoms with Crippen molar-refractivity contribution in [2.75, 3.05) is 18.4 Å². The lowest BCUT2D eigenvalue weighted by atomic mass is 10.0. The third kappa shape index (κ3) is 4.46. The van der Waals surface area contributed by atoms with Crippen molar-refractivity contribution in [2.45, 2.75) is 43.5 Å². The molecule has 178 valence electrons. The van der Waals surface area contributed by atoms with Crippen LogP contribution in [0.3, 0.4) is 0 Å². The minimum atomic E-state index is -3.71. The van der Waals surface area contributed by atoms with E-state index in [9.17, 15) is 8.42 Å². The van der Waals surface area contributed by atoms with Crippen molar-refractivity contribution in [3.63, 3.8) is 0 Å². The molecule has 0 bridgehead atoms. The van der Waals surface area contributed by atoms with E-state index in [-0.39, 0.29) is 0 Å². The molecule has 1 aliphatic heterocycles. The highest BCUT2D eigenvalue weighted by molar-refractivity contribution is 9.11. The fourth-order valence-electron chi connectivity index (χ4n) is 4.92. The van der Waals surface area contributed by atoms with Gasteiger partial charge in [0.05, 0.1) is 0 Å². The summed E-state index contributed by atoms with van der Waals surface area (Å²) in [7, 11) is -3.71. The molecule has 1 unspecified atom stereocenters. The summed E-state index contributed by atoms with van der Waals surface area (Å²) in [5.41, 5.74) is 2.71. The Hall–Kier alpha value is -2.42. The molecule has 0 amide bonds. The lowest BCUT2D eigenvalue weighted by Crippen LogP contribution is -2.41. The Morgan fingerprint density at radius 2 is 2.03 bits per heavy atom. The molecule has 5 rings (SSSR count). The molecular weight excluding hydrogens is 512 g/mol. The molecule has 3 aromatic rings. The molecule has 3 heterocycles. The van der Waals surface area contributed by atoms with E-state index in [1.165, 1.54) is 9.54 Å². The minimum Gasteiger partial charge on any atom is -0.380 e. The van der Waals surface area contributed by atoms with Crippen molar-refractivity contribution in [3.8, 4) is 0 Å². The third-order valence-corrected chi connectivity index (χ3v) is 9.53. The van der Waals surface area contributed by atoms with E-state index in [4.69, 9.17) is 0 Å². The van der Waals surface area contributed by atoms with Crippen LogP contribution in [0.5, 0.6) is 0 Å². The summed E-state index contributed by atoms with van der Waals surface area (Å²) in [6.45, 7) is 4.73. The summed E-state index contributed by atoms with van der Waals surface area (Å²) < 4.78 is 28.4. The molecule has 6 nitrogen and oxygen atoms in total. The van der Waals surface area contributed by atoms with E-state index >= 15 is 0 Å². The zero-order valence-corrected chi connectivity index (χ0v) is 21.6. The summed E-state index contributed by atoms with van der Waals surface area (Å²) in [4.78, 5) is 6.94. The molecule has 0 saturated carbocycles. The first-order chi connectivity index (χ1) is 16.4. The summed E-state index contributed by atoms with van der Waals surface area (Å²) in [5, 5.41) is 4.50. The van der Waals surface area contributed by atoms with Crippen LogP contribution in [0.2, 0.25) is 0 Å². The fourth-order valence-corrected chi connectivity index (χ4v) is 7.39. The number of allylic oxidation sites excluding steroid dienone is 3. The van der Waals surface area contributed by atoms with Gasteiger partial charge >= 0.3 is 0 Å². The maximum Gasteiger partial charge on any atom is 0.249 e. The van der Waals surface area contributed by atoms with Crippen LogP contribution in [-0.2, 0) is 16.6 Å². The van der Waals surface area contributed by atoms with Gasteiger partial charge in [-0.1, -0.05) is 58.4 Å². The number of nitrogens with one attached hydrogen (secondary N) is 1. The highest BCUT2D eigenvalue weighted by Gasteiger charge is 2.40. The number of likely N-dealkylation sites (tertiary alicyclic amines) is 1. The van der Waals surface area contributed by atoms with Gasteiger partial charge in [-0.05, 0) is 56.5 Å². The van der Waals surface area contributed by atoms with E-state index in [1.807, 2.05) is 30.4 Å². The Labute approximate surface area is 209 Å². The van der Waals surface area contributed by atoms with E-state index < -0.39 is 14.8 Å². The third-order valence-electron chi connectivity index (χ3n) is 6.76. The van der Waals surface area contributed by atoms with E-state index in [1.54, 1.807) is 25.4 Å². The standard InChI is InChI=1S/C26H29BrN4O2S/c1-26(13-5-9-21(27)17-26)34(32,33)31-16-12-23-24(11-14-28-25(23)31)29-22-10-6-15-30(19-22)18-20-7-3-2-4-8-20/h2-5,7-9,11-12,14,16-17,22H,6,10,13,15,18-19H2,1H3,(H,28,29)/t22?,26-/m1/s1. The molecule has 1 aromatic carbocycles. The van der Waals surface area contributed by atoms with Crippen LogP contribution < -0.4 is 5.32 Å². The monoisotopic (exact) mass is 540 g/mol. The van der Waals surface area contributed by atoms with Crippen molar-refractivity contribution in [1.29, 1.82) is 0 Å². The number of fused-ring (bicyclic) bond motifs is 1. The van der Waals surface area contributed by atoms with E-state index in [0.29, 0.717) is 18.1 Å². The number of nitrogens with zero attached hydrogens (tertiary/aromatic N) is 3. The number of rotatable bonds is 6. The number of piperidine rings is 1. The summed E-state index contributed by atoms with van der Waals surface area (Å²) in [6, 6.07) is 14.6. The van der Waals surface area contributed by atoms with Gasteiger partial charge in [-0.3, -0.25) is 4.90 Å². The number of aromatic nitrogens is 2. The van der Waals surface area contributed by atoms with Gasteiger partial charge in [0.2, 0.25) is 10.0 Å². The Balaban J connectivity index is 1.38. The number of benzene rings is 1. The lowest BCUT2D eigenvalue weighted by Gasteiger charge is -2.33. The first kappa shape index (κ1) is 23.3. The van der Waals surface area contributed by atoms with Crippen molar-refractivity contribution < 1.29 is 8.42 Å². The van der Waals surface area contributed by atoms with Crippen molar-refractivity contribution in [1.82, 2.24) is 13.9 Å². The molecule has 34 heavy (non-hydrogen) atoms. The molecule has 0 radical (unpaired) electrons. The average molecular weight is 542 g/mol. The van der Waals surface area contributed by atoms with E-state index in [0.717, 1.165) is 48.0 Å². The molecule has 2 aliphatic rings. The van der Waals surface area contributed by atoms with Gasteiger partial charge < -0.3 is 5.32 Å². The maximum atomic E-state index is 13.6. The molecule has 1 saturated heterocycles. The predicted octanol–water partition coefficient (Wildman–Crippen LogP) is 5.29. The minimum absolute atomic E-state index is 0.294. The molecule has 1 fully saturated rings. The van der Waals surface area contributed by atoms with Crippen LogP contribution in [0.1, 0.15) is 31.7 Å². The van der Waals surface area contributed by atoms with Crippen LogP contribution in [0.4, 0.5) is 5.69 Å². The largest absolute Gasteiger partial charge is 0.380 e. The second kappa shape index (κ2) is 9.32. The van der Waals surface area contributed by atoms with Crippen LogP contribution in [-0.4, -0.2) is 46.2 Å². The van der Waals surface area contributed by atoms with Gasteiger partial charge in [0.25, 0.3) is 0 Å². The number of pyridine rings is 1. The molecular formula is C26H29BrN4O2S. The van der Waals surface area contributed by atoms with Crippen LogP contribution in [0.25, 0.3) is 11.0 Å². The van der Waals surface area contributed by atoms with Gasteiger partial charge in [0, 0.05) is 47.1 Å². The fraction of sp³-hybridized carbons (Fsp3) is 0.346. The maximum absolute atomic E-state index is 13.6. The average Bonchev–Trinajstić information content (AvgIpc) is 3.26. The number of anilines is 1. The molecule has 1 aliphatic carbocycles. The topological polar surface area (TPSA) is 67.2 Å². The first-order valence-electron chi connectivity index (χ1n) is 11.6. The molecule has 1 N–H and O–H groups in total. The molecule has 0 spiro atoms. The number of hydrogen-bond acceptors (Lipinski definition) is 5. The number of halogens is 1. The van der Waals surface area contributed by atoms with Crippen molar-refractivity contribution in [3.05, 3.63) is 83.1 Å². The van der Waals surface area contributed by atoms with Gasteiger partial charge in [0.15, 0.2) is 5.65 Å². The van der Waals surface area contributed by atoms with Crippen molar-refractivity contribution >= 4 is 42.7 Å². The zero-order valence-electron chi connectivity index (χ0n) is 19.2. The second-order valence-corrected chi connectivity index (χ2v) is 12.6. The van der Waals surface area contributed by atoms with Gasteiger partial charge in [0.1, 0.15) is 4.75 Å². The smallest absolute Gasteiger partial charge is 0.249 e. The molecule has 2 aromatic heterocycles. The van der Waals surface area contributed by atoms with Gasteiger partial charge in [-0.25, -0.2) is 17.4 Å². The second-order valence-electron chi connectivity index (χ2n) is 9.36. The molecule has 2 atom stereocenters. The summed E-state index contributed by atoms with van der Waals surface area (Å²) in [5.74, 6) is 0.